The first kappa shape index (κ1) is 17.8. The molecule has 0 aliphatic carbocycles. The Morgan fingerprint density at radius 2 is 1.65 bits per heavy atom. The van der Waals surface area contributed by atoms with Crippen LogP contribution in [0.4, 0.5) is 21.6 Å². The maximum Gasteiger partial charge on any atom is 0.171 e. The molecule has 0 fully saturated rings. The summed E-state index contributed by atoms with van der Waals surface area (Å²) in [5.41, 5.74) is 3.94. The summed E-state index contributed by atoms with van der Waals surface area (Å²) in [6.07, 6.45) is 1.71. The highest BCUT2D eigenvalue weighted by molar-refractivity contribution is 7.80. The predicted octanol–water partition coefficient (Wildman–Crippen LogP) is 4.76. The lowest BCUT2D eigenvalue weighted by molar-refractivity contribution is 0.627. The molecular weight excluding hydrogens is 347 g/mol. The molecule has 0 aliphatic heterocycles. The number of hydrogen-bond acceptors (Lipinski definition) is 3. The van der Waals surface area contributed by atoms with Crippen molar-refractivity contribution in [3.05, 3.63) is 83.8 Å². The number of anilines is 3. The molecule has 0 spiro atoms. The van der Waals surface area contributed by atoms with Gasteiger partial charge in [0.15, 0.2) is 5.11 Å². The van der Waals surface area contributed by atoms with Crippen molar-refractivity contribution in [3.8, 4) is 0 Å². The van der Waals surface area contributed by atoms with Gasteiger partial charge in [0.2, 0.25) is 0 Å². The second kappa shape index (κ2) is 8.40. The standard InChI is InChI=1S/C20H19FN4S/c1-14-2-8-17(9-3-14)24-19-11-10-18(13-22-19)25-20(26)23-12-15-4-6-16(21)7-5-15/h2-11,13H,12H2,1H3,(H,22,24)(H2,23,25,26). The van der Waals surface area contributed by atoms with Crippen LogP contribution < -0.4 is 16.0 Å². The van der Waals surface area contributed by atoms with E-state index in [0.29, 0.717) is 11.7 Å². The molecule has 3 N–H and O–H groups in total. The second-order valence-electron chi connectivity index (χ2n) is 5.86. The molecule has 3 aromatic rings. The predicted molar refractivity (Wildman–Crippen MR) is 108 cm³/mol. The summed E-state index contributed by atoms with van der Waals surface area (Å²) in [4.78, 5) is 4.37. The van der Waals surface area contributed by atoms with Crippen LogP contribution in [0.5, 0.6) is 0 Å². The van der Waals surface area contributed by atoms with E-state index < -0.39 is 0 Å². The molecule has 1 heterocycles. The minimum atomic E-state index is -0.250. The summed E-state index contributed by atoms with van der Waals surface area (Å²) in [5, 5.41) is 9.89. The summed E-state index contributed by atoms with van der Waals surface area (Å²) in [6, 6.07) is 18.2. The molecule has 0 unspecified atom stereocenters. The highest BCUT2D eigenvalue weighted by Crippen LogP contribution is 2.16. The molecule has 132 valence electrons. The summed E-state index contributed by atoms with van der Waals surface area (Å²) in [5.74, 6) is 0.504. The van der Waals surface area contributed by atoms with Gasteiger partial charge in [-0.2, -0.15) is 0 Å². The average molecular weight is 366 g/mol. The number of rotatable bonds is 5. The molecule has 0 radical (unpaired) electrons. The molecular formula is C20H19FN4S. The molecule has 0 saturated carbocycles. The van der Waals surface area contributed by atoms with E-state index in [1.54, 1.807) is 18.3 Å². The van der Waals surface area contributed by atoms with Crippen LogP contribution in [0.15, 0.2) is 66.9 Å². The lowest BCUT2D eigenvalue weighted by Crippen LogP contribution is -2.27. The van der Waals surface area contributed by atoms with E-state index in [-0.39, 0.29) is 5.82 Å². The van der Waals surface area contributed by atoms with Crippen LogP contribution in [0.1, 0.15) is 11.1 Å². The highest BCUT2D eigenvalue weighted by atomic mass is 32.1. The van der Waals surface area contributed by atoms with Crippen molar-refractivity contribution in [2.75, 3.05) is 10.6 Å². The summed E-state index contributed by atoms with van der Waals surface area (Å²) in [6.45, 7) is 2.57. The van der Waals surface area contributed by atoms with Crippen molar-refractivity contribution in [2.45, 2.75) is 13.5 Å². The van der Waals surface area contributed by atoms with Gasteiger partial charge in [-0.1, -0.05) is 29.8 Å². The van der Waals surface area contributed by atoms with E-state index in [1.807, 2.05) is 36.4 Å². The smallest absolute Gasteiger partial charge is 0.171 e. The molecule has 6 heteroatoms. The zero-order valence-electron chi connectivity index (χ0n) is 14.3. The fourth-order valence-corrected chi connectivity index (χ4v) is 2.48. The number of halogens is 1. The number of thiocarbonyl (C=S) groups is 1. The first-order valence-corrected chi connectivity index (χ1v) is 8.58. The SMILES string of the molecule is Cc1ccc(Nc2ccc(NC(=S)NCc3ccc(F)cc3)cn2)cc1. The van der Waals surface area contributed by atoms with Gasteiger partial charge in [0.25, 0.3) is 0 Å². The van der Waals surface area contributed by atoms with Gasteiger partial charge in [-0.15, -0.1) is 0 Å². The Kier molecular flexibility index (Phi) is 5.76. The third kappa shape index (κ3) is 5.26. The van der Waals surface area contributed by atoms with Crippen molar-refractivity contribution in [1.29, 1.82) is 0 Å². The van der Waals surface area contributed by atoms with E-state index in [9.17, 15) is 4.39 Å². The lowest BCUT2D eigenvalue weighted by atomic mass is 10.2. The summed E-state index contributed by atoms with van der Waals surface area (Å²) >= 11 is 5.27. The molecule has 2 aromatic carbocycles. The first-order valence-electron chi connectivity index (χ1n) is 8.17. The molecule has 0 amide bonds. The van der Waals surface area contributed by atoms with Crippen LogP contribution in [-0.2, 0) is 6.54 Å². The highest BCUT2D eigenvalue weighted by Gasteiger charge is 2.01. The van der Waals surface area contributed by atoms with Gasteiger partial charge in [-0.25, -0.2) is 9.37 Å². The lowest BCUT2D eigenvalue weighted by Gasteiger charge is -2.11. The van der Waals surface area contributed by atoms with Gasteiger partial charge in [-0.3, -0.25) is 0 Å². The average Bonchev–Trinajstić information content (AvgIpc) is 2.65. The van der Waals surface area contributed by atoms with Gasteiger partial charge in [0.05, 0.1) is 11.9 Å². The molecule has 4 nitrogen and oxygen atoms in total. The van der Waals surface area contributed by atoms with Gasteiger partial charge >= 0.3 is 0 Å². The molecule has 1 aromatic heterocycles. The third-order valence-corrected chi connectivity index (χ3v) is 3.96. The third-order valence-electron chi connectivity index (χ3n) is 3.71. The summed E-state index contributed by atoms with van der Waals surface area (Å²) in [7, 11) is 0. The van der Waals surface area contributed by atoms with Gasteiger partial charge in [0.1, 0.15) is 11.6 Å². The van der Waals surface area contributed by atoms with Crippen molar-refractivity contribution >= 4 is 34.5 Å². The van der Waals surface area contributed by atoms with Gasteiger partial charge < -0.3 is 16.0 Å². The van der Waals surface area contributed by atoms with Crippen molar-refractivity contribution in [2.24, 2.45) is 0 Å². The van der Waals surface area contributed by atoms with Crippen molar-refractivity contribution < 1.29 is 4.39 Å². The number of aryl methyl sites for hydroxylation is 1. The fraction of sp³-hybridized carbons (Fsp3) is 0.100. The van der Waals surface area contributed by atoms with Crippen LogP contribution in [0.2, 0.25) is 0 Å². The van der Waals surface area contributed by atoms with Crippen LogP contribution >= 0.6 is 12.2 Å². The number of hydrogen-bond donors (Lipinski definition) is 3. The van der Waals surface area contributed by atoms with Crippen LogP contribution in [0.3, 0.4) is 0 Å². The van der Waals surface area contributed by atoms with Gasteiger partial charge in [0, 0.05) is 12.2 Å². The van der Waals surface area contributed by atoms with Crippen LogP contribution in [0.25, 0.3) is 0 Å². The Bertz CT molecular complexity index is 862. The van der Waals surface area contributed by atoms with E-state index in [1.165, 1.54) is 17.7 Å². The number of nitrogens with one attached hydrogen (secondary N) is 3. The minimum Gasteiger partial charge on any atom is -0.358 e. The van der Waals surface area contributed by atoms with Crippen LogP contribution in [-0.4, -0.2) is 10.1 Å². The number of nitrogens with zero attached hydrogens (tertiary/aromatic N) is 1. The minimum absolute atomic E-state index is 0.250. The molecule has 0 atom stereocenters. The van der Waals surface area contributed by atoms with E-state index >= 15 is 0 Å². The molecule has 0 aliphatic rings. The van der Waals surface area contributed by atoms with Crippen molar-refractivity contribution in [3.63, 3.8) is 0 Å². The first-order chi connectivity index (χ1) is 12.6. The molecule has 0 saturated heterocycles. The maximum atomic E-state index is 12.9. The fourth-order valence-electron chi connectivity index (χ4n) is 2.29. The number of aromatic nitrogens is 1. The normalized spacial score (nSPS) is 10.2. The van der Waals surface area contributed by atoms with E-state index in [2.05, 4.69) is 27.9 Å². The van der Waals surface area contributed by atoms with Crippen LogP contribution in [0, 0.1) is 12.7 Å². The Balaban J connectivity index is 1.50. The van der Waals surface area contributed by atoms with E-state index in [0.717, 1.165) is 22.8 Å². The second-order valence-corrected chi connectivity index (χ2v) is 6.27. The Hall–Kier alpha value is -2.99. The number of benzene rings is 2. The van der Waals surface area contributed by atoms with Crippen molar-refractivity contribution in [1.82, 2.24) is 10.3 Å². The van der Waals surface area contributed by atoms with Gasteiger partial charge in [-0.05, 0) is 61.1 Å². The maximum absolute atomic E-state index is 12.9. The quantitative estimate of drug-likeness (QED) is 0.569. The Labute approximate surface area is 157 Å². The monoisotopic (exact) mass is 366 g/mol. The molecule has 3 rings (SSSR count). The zero-order valence-corrected chi connectivity index (χ0v) is 15.1. The Morgan fingerprint density at radius 1 is 0.962 bits per heavy atom. The molecule has 0 bridgehead atoms. The topological polar surface area (TPSA) is 49.0 Å². The number of pyridine rings is 1. The molecule has 26 heavy (non-hydrogen) atoms. The summed E-state index contributed by atoms with van der Waals surface area (Å²) < 4.78 is 12.9. The van der Waals surface area contributed by atoms with E-state index in [4.69, 9.17) is 12.2 Å². The zero-order chi connectivity index (χ0) is 18.4. The largest absolute Gasteiger partial charge is 0.358 e. The Morgan fingerprint density at radius 3 is 2.31 bits per heavy atom.